The van der Waals surface area contributed by atoms with E-state index in [9.17, 15) is 4.79 Å². The maximum Gasteiger partial charge on any atom is 0.472 e. The lowest BCUT2D eigenvalue weighted by molar-refractivity contribution is -0.130. The molecule has 0 aliphatic rings. The van der Waals surface area contributed by atoms with Crippen molar-refractivity contribution in [1.82, 2.24) is 4.90 Å². The molecule has 21 heavy (non-hydrogen) atoms. The number of hydrogen-bond donors (Lipinski definition) is 3. The Bertz CT molecular complexity index is 628. The number of rotatable bonds is 5. The topological polar surface area (TPSA) is 86.8 Å². The lowest BCUT2D eigenvalue weighted by Gasteiger charge is -2.21. The predicted octanol–water partition coefficient (Wildman–Crippen LogP) is 0.180. The standard InChI is InChI=1S/C15H19BN2O3/c1-18(10-16(20)21)15(19)14(17)9-12-7-4-6-11-5-2-3-8-13(11)12/h2-8,14,20-21H,9-10,17H2,1H3/t14-/m0/s1. The smallest absolute Gasteiger partial charge is 0.426 e. The minimum absolute atomic E-state index is 0.151. The van der Waals surface area contributed by atoms with Crippen molar-refractivity contribution in [2.24, 2.45) is 5.73 Å². The highest BCUT2D eigenvalue weighted by atomic mass is 16.4. The molecule has 0 spiro atoms. The van der Waals surface area contributed by atoms with Gasteiger partial charge in [0.2, 0.25) is 5.91 Å². The monoisotopic (exact) mass is 286 g/mol. The fourth-order valence-corrected chi connectivity index (χ4v) is 2.41. The molecule has 0 heterocycles. The predicted molar refractivity (Wildman–Crippen MR) is 83.5 cm³/mol. The number of hydrogen-bond acceptors (Lipinski definition) is 4. The molecule has 0 bridgehead atoms. The molecule has 2 aromatic rings. The molecule has 0 radical (unpaired) electrons. The normalized spacial score (nSPS) is 12.2. The van der Waals surface area contributed by atoms with Crippen LogP contribution in [0.15, 0.2) is 42.5 Å². The van der Waals surface area contributed by atoms with Gasteiger partial charge in [0, 0.05) is 7.05 Å². The van der Waals surface area contributed by atoms with Gasteiger partial charge < -0.3 is 20.7 Å². The third kappa shape index (κ3) is 3.82. The fourth-order valence-electron chi connectivity index (χ4n) is 2.41. The SMILES string of the molecule is CN(CB(O)O)C(=O)[C@@H](N)Cc1cccc2ccccc12. The van der Waals surface area contributed by atoms with Crippen LogP contribution in [-0.4, -0.2) is 47.5 Å². The van der Waals surface area contributed by atoms with Crippen LogP contribution in [0.3, 0.4) is 0 Å². The van der Waals surface area contributed by atoms with E-state index in [2.05, 4.69) is 0 Å². The number of likely N-dealkylation sites (N-methyl/N-ethyl adjacent to an activating group) is 1. The zero-order chi connectivity index (χ0) is 15.4. The van der Waals surface area contributed by atoms with Crippen LogP contribution in [0.4, 0.5) is 0 Å². The average molecular weight is 286 g/mol. The molecule has 4 N–H and O–H groups in total. The molecule has 0 fully saturated rings. The van der Waals surface area contributed by atoms with Crippen molar-refractivity contribution in [3.05, 3.63) is 48.0 Å². The summed E-state index contributed by atoms with van der Waals surface area (Å²) in [5, 5.41) is 20.0. The molecule has 0 aliphatic heterocycles. The molecule has 1 atom stereocenters. The molecule has 2 aromatic carbocycles. The van der Waals surface area contributed by atoms with E-state index < -0.39 is 13.2 Å². The number of benzene rings is 2. The summed E-state index contributed by atoms with van der Waals surface area (Å²) >= 11 is 0. The van der Waals surface area contributed by atoms with Gasteiger partial charge in [-0.2, -0.15) is 0 Å². The molecule has 0 aromatic heterocycles. The second kappa shape index (κ2) is 6.71. The fraction of sp³-hybridized carbons (Fsp3) is 0.267. The Morgan fingerprint density at radius 1 is 1.24 bits per heavy atom. The zero-order valence-corrected chi connectivity index (χ0v) is 11.9. The molecule has 5 nitrogen and oxygen atoms in total. The average Bonchev–Trinajstić information content (AvgIpc) is 2.46. The Morgan fingerprint density at radius 3 is 2.62 bits per heavy atom. The van der Waals surface area contributed by atoms with Crippen LogP contribution in [0.5, 0.6) is 0 Å². The van der Waals surface area contributed by atoms with Gasteiger partial charge in [0.05, 0.1) is 12.5 Å². The van der Waals surface area contributed by atoms with Crippen molar-refractivity contribution < 1.29 is 14.8 Å². The van der Waals surface area contributed by atoms with Crippen LogP contribution < -0.4 is 5.73 Å². The van der Waals surface area contributed by atoms with E-state index in [0.29, 0.717) is 6.42 Å². The highest BCUT2D eigenvalue weighted by Crippen LogP contribution is 2.19. The van der Waals surface area contributed by atoms with Crippen LogP contribution in [0.1, 0.15) is 5.56 Å². The number of nitrogens with two attached hydrogens (primary N) is 1. The van der Waals surface area contributed by atoms with E-state index in [1.807, 2.05) is 42.5 Å². The minimum Gasteiger partial charge on any atom is -0.426 e. The first kappa shape index (κ1) is 15.5. The van der Waals surface area contributed by atoms with Crippen molar-refractivity contribution >= 4 is 23.8 Å². The molecule has 1 amide bonds. The van der Waals surface area contributed by atoms with Gasteiger partial charge >= 0.3 is 7.12 Å². The van der Waals surface area contributed by atoms with Gasteiger partial charge in [-0.05, 0) is 22.8 Å². The summed E-state index contributed by atoms with van der Waals surface area (Å²) in [5.74, 6) is -0.309. The van der Waals surface area contributed by atoms with Gasteiger partial charge in [0.25, 0.3) is 0 Å². The van der Waals surface area contributed by atoms with Gasteiger partial charge in [-0.15, -0.1) is 0 Å². The molecular formula is C15H19BN2O3. The molecule has 0 saturated carbocycles. The maximum atomic E-state index is 12.1. The molecular weight excluding hydrogens is 267 g/mol. The van der Waals surface area contributed by atoms with Gasteiger partial charge in [-0.25, -0.2) is 0 Å². The summed E-state index contributed by atoms with van der Waals surface area (Å²) in [6.45, 7) is 0. The summed E-state index contributed by atoms with van der Waals surface area (Å²) in [6.07, 6.45) is 0.258. The van der Waals surface area contributed by atoms with E-state index in [1.165, 1.54) is 11.9 Å². The van der Waals surface area contributed by atoms with Crippen molar-refractivity contribution in [3.8, 4) is 0 Å². The lowest BCUT2D eigenvalue weighted by atomic mass is 9.91. The van der Waals surface area contributed by atoms with E-state index in [0.717, 1.165) is 16.3 Å². The molecule has 110 valence electrons. The lowest BCUT2D eigenvalue weighted by Crippen LogP contribution is -2.46. The first-order valence-corrected chi connectivity index (χ1v) is 6.82. The van der Waals surface area contributed by atoms with E-state index >= 15 is 0 Å². The molecule has 0 aliphatic carbocycles. The summed E-state index contributed by atoms with van der Waals surface area (Å²) in [7, 11) is -0.0474. The molecule has 0 saturated heterocycles. The Labute approximate surface area is 124 Å². The van der Waals surface area contributed by atoms with E-state index in [1.54, 1.807) is 0 Å². The Kier molecular flexibility index (Phi) is 4.96. The largest absolute Gasteiger partial charge is 0.472 e. The van der Waals surface area contributed by atoms with Crippen LogP contribution in [0.25, 0.3) is 10.8 Å². The minimum atomic E-state index is -1.55. The van der Waals surface area contributed by atoms with Crippen LogP contribution in [0, 0.1) is 0 Å². The van der Waals surface area contributed by atoms with Gasteiger partial charge in [0.1, 0.15) is 0 Å². The summed E-state index contributed by atoms with van der Waals surface area (Å²) < 4.78 is 0. The number of fused-ring (bicyclic) bond motifs is 1. The highest BCUT2D eigenvalue weighted by Gasteiger charge is 2.22. The van der Waals surface area contributed by atoms with Crippen LogP contribution >= 0.6 is 0 Å². The summed E-state index contributed by atoms with van der Waals surface area (Å²) in [5.41, 5.74) is 6.97. The van der Waals surface area contributed by atoms with Gasteiger partial charge in [0.15, 0.2) is 0 Å². The Hall–Kier alpha value is -1.89. The van der Waals surface area contributed by atoms with E-state index in [4.69, 9.17) is 15.8 Å². The number of nitrogens with zero attached hydrogens (tertiary/aromatic N) is 1. The number of carbonyl (C=O) groups is 1. The second-order valence-electron chi connectivity index (χ2n) is 5.15. The number of amides is 1. The van der Waals surface area contributed by atoms with Crippen LogP contribution in [0.2, 0.25) is 0 Å². The first-order valence-electron chi connectivity index (χ1n) is 6.82. The van der Waals surface area contributed by atoms with Gasteiger partial charge in [-0.1, -0.05) is 42.5 Å². The Balaban J connectivity index is 2.14. The van der Waals surface area contributed by atoms with Crippen molar-refractivity contribution in [3.63, 3.8) is 0 Å². The second-order valence-corrected chi connectivity index (χ2v) is 5.15. The number of carbonyl (C=O) groups excluding carboxylic acids is 1. The van der Waals surface area contributed by atoms with Crippen molar-refractivity contribution in [1.29, 1.82) is 0 Å². The van der Waals surface area contributed by atoms with E-state index in [-0.39, 0.29) is 12.4 Å². The third-order valence-electron chi connectivity index (χ3n) is 3.45. The summed E-state index contributed by atoms with van der Waals surface area (Å²) in [4.78, 5) is 13.3. The maximum absolute atomic E-state index is 12.1. The van der Waals surface area contributed by atoms with Crippen molar-refractivity contribution in [2.45, 2.75) is 12.5 Å². The first-order chi connectivity index (χ1) is 9.99. The molecule has 2 rings (SSSR count). The highest BCUT2D eigenvalue weighted by molar-refractivity contribution is 6.41. The van der Waals surface area contributed by atoms with Crippen molar-refractivity contribution in [2.75, 3.05) is 13.5 Å². The third-order valence-corrected chi connectivity index (χ3v) is 3.45. The molecule has 6 heteroatoms. The summed E-state index contributed by atoms with van der Waals surface area (Å²) in [6, 6.07) is 13.1. The zero-order valence-electron chi connectivity index (χ0n) is 11.9. The quantitative estimate of drug-likeness (QED) is 0.684. The van der Waals surface area contributed by atoms with Gasteiger partial charge in [-0.3, -0.25) is 4.79 Å². The molecule has 0 unspecified atom stereocenters. The Morgan fingerprint density at radius 2 is 1.90 bits per heavy atom. The van der Waals surface area contributed by atoms with Crippen LogP contribution in [-0.2, 0) is 11.2 Å².